The van der Waals surface area contributed by atoms with Crippen molar-refractivity contribution in [3.05, 3.63) is 0 Å². The lowest BCUT2D eigenvalue weighted by Gasteiger charge is -2.11. The summed E-state index contributed by atoms with van der Waals surface area (Å²) in [7, 11) is 0. The number of aliphatic carboxylic acids is 4. The summed E-state index contributed by atoms with van der Waals surface area (Å²) in [5, 5.41) is 46.7. The number of aliphatic hydroxyl groups excluding tert-OH is 1. The van der Waals surface area contributed by atoms with Crippen LogP contribution >= 0.6 is 0 Å². The summed E-state index contributed by atoms with van der Waals surface area (Å²) in [4.78, 5) is 38.5. The van der Waals surface area contributed by atoms with Gasteiger partial charge >= 0.3 is 0 Å². The fourth-order valence-electron chi connectivity index (χ4n) is 0.504. The molecule has 2 atom stereocenters. The highest BCUT2D eigenvalue weighted by molar-refractivity contribution is 5.78. The summed E-state index contributed by atoms with van der Waals surface area (Å²) < 4.78 is 0. The van der Waals surface area contributed by atoms with Gasteiger partial charge in [-0.2, -0.15) is 0 Å². The summed E-state index contributed by atoms with van der Waals surface area (Å²) in [6.07, 6.45) is -3.60. The van der Waals surface area contributed by atoms with Crippen LogP contribution in [0.5, 0.6) is 0 Å². The predicted octanol–water partition coefficient (Wildman–Crippen LogP) is -7.56. The first-order valence-electron chi connectivity index (χ1n) is 4.33. The van der Waals surface area contributed by atoms with Gasteiger partial charge in [0.15, 0.2) is 0 Å². The van der Waals surface area contributed by atoms with Crippen molar-refractivity contribution < 1.29 is 44.7 Å². The molecular formula is C8H9NO9-4. The molecule has 0 radical (unpaired) electrons. The normalized spacial score (nSPS) is 12.6. The van der Waals surface area contributed by atoms with Crippen LogP contribution in [-0.4, -0.2) is 41.1 Å². The zero-order valence-electron chi connectivity index (χ0n) is 8.86. The second kappa shape index (κ2) is 8.90. The van der Waals surface area contributed by atoms with Gasteiger partial charge < -0.3 is 50.4 Å². The van der Waals surface area contributed by atoms with Gasteiger partial charge in [-0.25, -0.2) is 0 Å². The van der Waals surface area contributed by atoms with Crippen molar-refractivity contribution in [2.24, 2.45) is 5.73 Å². The van der Waals surface area contributed by atoms with Crippen molar-refractivity contribution in [3.8, 4) is 0 Å². The van der Waals surface area contributed by atoms with E-state index in [1.807, 2.05) is 0 Å². The molecule has 0 amide bonds. The molecule has 0 spiro atoms. The monoisotopic (exact) mass is 263 g/mol. The van der Waals surface area contributed by atoms with Crippen molar-refractivity contribution in [3.63, 3.8) is 0 Å². The molecule has 18 heavy (non-hydrogen) atoms. The van der Waals surface area contributed by atoms with E-state index < -0.39 is 48.9 Å². The number of carboxylic acid groups (broad SMARTS) is 4. The molecule has 10 nitrogen and oxygen atoms in total. The standard InChI is InChI=1S/C4H7NO4.C4H6O5/c2*5-2(4(8)9)1-3(6)7/h2H,1,5H2,(H,6,7)(H,8,9);2,5H,1H2,(H,6,7)(H,8,9)/p-4. The Kier molecular flexibility index (Phi) is 8.98. The van der Waals surface area contributed by atoms with Crippen molar-refractivity contribution >= 4 is 23.9 Å². The minimum absolute atomic E-state index is 0.706. The van der Waals surface area contributed by atoms with Gasteiger partial charge in [-0.15, -0.1) is 0 Å². The smallest absolute Gasteiger partial charge is 0.0985 e. The van der Waals surface area contributed by atoms with Crippen molar-refractivity contribution in [2.75, 3.05) is 0 Å². The number of hydrogen-bond acceptors (Lipinski definition) is 10. The SMILES string of the molecule is NC(CC(=O)[O-])C(=O)[O-].O=C([O-])CC(O)C(=O)[O-]. The predicted molar refractivity (Wildman–Crippen MR) is 43.2 cm³/mol. The first-order valence-corrected chi connectivity index (χ1v) is 4.33. The minimum Gasteiger partial charge on any atom is -0.550 e. The number of rotatable bonds is 6. The van der Waals surface area contributed by atoms with Gasteiger partial charge in [-0.05, 0) is 0 Å². The lowest BCUT2D eigenvalue weighted by molar-refractivity contribution is -0.323. The van der Waals surface area contributed by atoms with Crippen LogP contribution in [0, 0.1) is 0 Å². The zero-order valence-corrected chi connectivity index (χ0v) is 8.86. The third-order valence-corrected chi connectivity index (χ3v) is 1.32. The highest BCUT2D eigenvalue weighted by Crippen LogP contribution is 1.85. The number of carboxylic acids is 4. The summed E-state index contributed by atoms with van der Waals surface area (Å²) in [5.41, 5.74) is 4.73. The van der Waals surface area contributed by atoms with Gasteiger partial charge in [0.2, 0.25) is 0 Å². The van der Waals surface area contributed by atoms with Crippen LogP contribution in [0.3, 0.4) is 0 Å². The van der Waals surface area contributed by atoms with Crippen molar-refractivity contribution in [1.82, 2.24) is 0 Å². The van der Waals surface area contributed by atoms with E-state index in [4.69, 9.17) is 10.8 Å². The average Bonchev–Trinajstić information content (AvgIpc) is 2.16. The molecule has 0 bridgehead atoms. The molecule has 0 aliphatic carbocycles. The van der Waals surface area contributed by atoms with E-state index in [9.17, 15) is 39.6 Å². The maximum atomic E-state index is 9.71. The Labute approximate surface area is 100 Å². The van der Waals surface area contributed by atoms with Gasteiger partial charge in [-0.3, -0.25) is 0 Å². The Morgan fingerprint density at radius 1 is 0.889 bits per heavy atom. The van der Waals surface area contributed by atoms with Crippen LogP contribution in [0.1, 0.15) is 12.8 Å². The molecule has 0 aliphatic heterocycles. The molecule has 3 N–H and O–H groups in total. The van der Waals surface area contributed by atoms with Crippen LogP contribution in [0.25, 0.3) is 0 Å². The third-order valence-electron chi connectivity index (χ3n) is 1.32. The fourth-order valence-corrected chi connectivity index (χ4v) is 0.504. The molecule has 0 aromatic carbocycles. The molecule has 0 saturated heterocycles. The Bertz CT molecular complexity index is 295. The summed E-state index contributed by atoms with van der Waals surface area (Å²) in [6.45, 7) is 0. The maximum absolute atomic E-state index is 9.71. The molecule has 0 aromatic heterocycles. The highest BCUT2D eigenvalue weighted by Gasteiger charge is 2.03. The van der Waals surface area contributed by atoms with Crippen molar-refractivity contribution in [1.29, 1.82) is 0 Å². The average molecular weight is 263 g/mol. The highest BCUT2D eigenvalue weighted by atomic mass is 16.4. The van der Waals surface area contributed by atoms with E-state index in [1.165, 1.54) is 0 Å². The number of carbonyl (C=O) groups is 4. The topological polar surface area (TPSA) is 207 Å². The first-order chi connectivity index (χ1) is 8.07. The first kappa shape index (κ1) is 18.2. The number of nitrogens with two attached hydrogens (primary N) is 1. The molecule has 0 rings (SSSR count). The van der Waals surface area contributed by atoms with E-state index in [0.717, 1.165) is 0 Å². The molecule has 0 aromatic rings. The second-order valence-corrected chi connectivity index (χ2v) is 2.91. The number of aliphatic hydroxyl groups is 1. The summed E-state index contributed by atoms with van der Waals surface area (Å²) in [6, 6.07) is -1.46. The van der Waals surface area contributed by atoms with Gasteiger partial charge in [0.25, 0.3) is 0 Å². The van der Waals surface area contributed by atoms with Gasteiger partial charge in [0, 0.05) is 30.8 Å². The van der Waals surface area contributed by atoms with E-state index in [2.05, 4.69) is 0 Å². The lowest BCUT2D eigenvalue weighted by atomic mass is 10.2. The Hall–Kier alpha value is -2.20. The Morgan fingerprint density at radius 2 is 1.28 bits per heavy atom. The van der Waals surface area contributed by atoms with Crippen LogP contribution in [0.15, 0.2) is 0 Å². The number of carbonyl (C=O) groups excluding carboxylic acids is 4. The Balaban J connectivity index is 0. The lowest BCUT2D eigenvalue weighted by Crippen LogP contribution is -2.45. The van der Waals surface area contributed by atoms with Gasteiger partial charge in [0.1, 0.15) is 0 Å². The van der Waals surface area contributed by atoms with Crippen LogP contribution in [0.2, 0.25) is 0 Å². The molecule has 0 saturated carbocycles. The van der Waals surface area contributed by atoms with Crippen LogP contribution in [0.4, 0.5) is 0 Å². The summed E-state index contributed by atoms with van der Waals surface area (Å²) >= 11 is 0. The van der Waals surface area contributed by atoms with E-state index in [-0.39, 0.29) is 0 Å². The molecule has 2 unspecified atom stereocenters. The van der Waals surface area contributed by atoms with Gasteiger partial charge in [0.05, 0.1) is 18.0 Å². The van der Waals surface area contributed by atoms with E-state index >= 15 is 0 Å². The van der Waals surface area contributed by atoms with E-state index in [1.54, 1.807) is 0 Å². The Morgan fingerprint density at radius 3 is 1.39 bits per heavy atom. The van der Waals surface area contributed by atoms with Gasteiger partial charge in [-0.1, -0.05) is 0 Å². The number of hydrogen-bond donors (Lipinski definition) is 2. The largest absolute Gasteiger partial charge is 0.550 e. The zero-order chi connectivity index (χ0) is 14.9. The molecular weight excluding hydrogens is 254 g/mol. The quantitative estimate of drug-likeness (QED) is 0.462. The van der Waals surface area contributed by atoms with Crippen LogP contribution in [-0.2, 0) is 19.2 Å². The van der Waals surface area contributed by atoms with Crippen molar-refractivity contribution in [2.45, 2.75) is 25.0 Å². The minimum atomic E-state index is -1.96. The molecule has 10 heteroatoms. The fraction of sp³-hybridized carbons (Fsp3) is 0.500. The molecule has 0 fully saturated rings. The second-order valence-electron chi connectivity index (χ2n) is 2.91. The van der Waals surface area contributed by atoms with E-state index in [0.29, 0.717) is 0 Å². The molecule has 0 aliphatic rings. The molecule has 0 heterocycles. The maximum Gasteiger partial charge on any atom is 0.0985 e. The van der Waals surface area contributed by atoms with Crippen LogP contribution < -0.4 is 26.2 Å². The third kappa shape index (κ3) is 11.9. The molecule has 104 valence electrons. The summed E-state index contributed by atoms with van der Waals surface area (Å²) in [5.74, 6) is -6.50.